The highest BCUT2D eigenvalue weighted by Gasteiger charge is 1.95. The van der Waals surface area contributed by atoms with Gasteiger partial charge in [0.2, 0.25) is 5.91 Å². The number of rotatable bonds is 1. The molecule has 1 amide bonds. The maximum atomic E-state index is 10.8. The van der Waals surface area contributed by atoms with E-state index in [-0.39, 0.29) is 5.91 Å². The van der Waals surface area contributed by atoms with Crippen molar-refractivity contribution in [3.05, 3.63) is 18.6 Å². The van der Waals surface area contributed by atoms with Crippen molar-refractivity contribution in [3.63, 3.8) is 0 Å². The van der Waals surface area contributed by atoms with Crippen LogP contribution in [0.4, 0.5) is 0 Å². The fraction of sp³-hybridized carbons (Fsp3) is 0.429. The first kappa shape index (κ1) is 8.21. The van der Waals surface area contributed by atoms with Gasteiger partial charge in [-0.25, -0.2) is 0 Å². The van der Waals surface area contributed by atoms with Crippen molar-refractivity contribution in [1.29, 1.82) is 0 Å². The summed E-state index contributed by atoms with van der Waals surface area (Å²) in [5.74, 6) is -0.0116. The molecule has 0 aromatic rings. The summed E-state index contributed by atoms with van der Waals surface area (Å²) in [6, 6.07) is 0. The highest BCUT2D eigenvalue weighted by Crippen LogP contribution is 1.89. The van der Waals surface area contributed by atoms with Crippen molar-refractivity contribution in [2.24, 2.45) is 0 Å². The highest BCUT2D eigenvalue weighted by atomic mass is 16.2. The molecule has 0 spiro atoms. The first-order valence-electron chi connectivity index (χ1n) is 2.75. The zero-order valence-corrected chi connectivity index (χ0v) is 6.14. The van der Waals surface area contributed by atoms with Crippen LogP contribution in [-0.4, -0.2) is 24.9 Å². The summed E-state index contributed by atoms with van der Waals surface area (Å²) in [7, 11) is 3.42. The first-order chi connectivity index (χ1) is 4.04. The fourth-order valence-corrected chi connectivity index (χ4v) is 0.340. The zero-order chi connectivity index (χ0) is 7.44. The number of likely N-dealkylation sites (N-methyl/N-ethyl adjacent to an activating group) is 1. The summed E-state index contributed by atoms with van der Waals surface area (Å²) in [5, 5.41) is 0. The number of carbonyl (C=O) groups is 1. The van der Waals surface area contributed by atoms with E-state index < -0.39 is 0 Å². The molecule has 0 aliphatic carbocycles. The minimum absolute atomic E-state index is 0.0116. The van der Waals surface area contributed by atoms with Crippen LogP contribution in [0.15, 0.2) is 11.6 Å². The van der Waals surface area contributed by atoms with Crippen molar-refractivity contribution in [2.45, 2.75) is 6.92 Å². The van der Waals surface area contributed by atoms with Gasteiger partial charge in [-0.2, -0.15) is 0 Å². The van der Waals surface area contributed by atoms with E-state index in [1.54, 1.807) is 21.0 Å². The molecule has 9 heavy (non-hydrogen) atoms. The molecule has 1 radical (unpaired) electrons. The highest BCUT2D eigenvalue weighted by molar-refractivity contribution is 5.87. The molecule has 2 heteroatoms. The van der Waals surface area contributed by atoms with Crippen molar-refractivity contribution in [3.8, 4) is 0 Å². The third-order valence-electron chi connectivity index (χ3n) is 0.811. The molecule has 0 N–H and O–H groups in total. The average molecular weight is 126 g/mol. The van der Waals surface area contributed by atoms with Crippen LogP contribution >= 0.6 is 0 Å². The van der Waals surface area contributed by atoms with Crippen LogP contribution in [0.2, 0.25) is 0 Å². The molecule has 0 heterocycles. The number of hydrogen-bond donors (Lipinski definition) is 0. The van der Waals surface area contributed by atoms with E-state index in [1.165, 1.54) is 11.0 Å². The van der Waals surface area contributed by atoms with Gasteiger partial charge in [0.1, 0.15) is 0 Å². The van der Waals surface area contributed by atoms with Crippen molar-refractivity contribution < 1.29 is 4.79 Å². The second-order valence-electron chi connectivity index (χ2n) is 2.22. The lowest BCUT2D eigenvalue weighted by molar-refractivity contribution is -0.123. The van der Waals surface area contributed by atoms with E-state index in [9.17, 15) is 4.79 Å². The van der Waals surface area contributed by atoms with Gasteiger partial charge in [0.25, 0.3) is 0 Å². The quantitative estimate of drug-likeness (QED) is 0.477. The summed E-state index contributed by atoms with van der Waals surface area (Å²) < 4.78 is 0. The largest absolute Gasteiger partial charge is 0.345 e. The van der Waals surface area contributed by atoms with E-state index in [0.717, 1.165) is 5.57 Å². The standard InChI is InChI=1S/C7H12NO/c1-6(2)5-7(9)8(3)4/h5H,1H2,2-4H3/b6-5+. The van der Waals surface area contributed by atoms with Gasteiger partial charge < -0.3 is 4.90 Å². The topological polar surface area (TPSA) is 20.3 Å². The summed E-state index contributed by atoms with van der Waals surface area (Å²) in [6.45, 7) is 5.37. The molecule has 0 saturated carbocycles. The minimum Gasteiger partial charge on any atom is -0.345 e. The molecular formula is C7H12NO. The number of nitrogens with zero attached hydrogens (tertiary/aromatic N) is 1. The molecule has 2 nitrogen and oxygen atoms in total. The third kappa shape index (κ3) is 3.76. The van der Waals surface area contributed by atoms with Crippen molar-refractivity contribution in [2.75, 3.05) is 14.1 Å². The molecule has 0 fully saturated rings. The Morgan fingerprint density at radius 1 is 1.56 bits per heavy atom. The number of carbonyl (C=O) groups excluding carboxylic acids is 1. The summed E-state index contributed by atoms with van der Waals surface area (Å²) in [6.07, 6.45) is 1.50. The van der Waals surface area contributed by atoms with Crippen LogP contribution in [0.5, 0.6) is 0 Å². The molecule has 0 saturated heterocycles. The Balaban J connectivity index is 3.93. The normalized spacial score (nSPS) is 11.3. The molecule has 0 aliphatic heterocycles. The van der Waals surface area contributed by atoms with Crippen LogP contribution in [0.3, 0.4) is 0 Å². The smallest absolute Gasteiger partial charge is 0.245 e. The average Bonchev–Trinajstić information content (AvgIpc) is 1.63. The Bertz CT molecular complexity index is 132. The van der Waals surface area contributed by atoms with E-state index in [4.69, 9.17) is 0 Å². The minimum atomic E-state index is -0.0116. The summed E-state index contributed by atoms with van der Waals surface area (Å²) >= 11 is 0. The lowest BCUT2D eigenvalue weighted by Crippen LogP contribution is -2.19. The molecule has 0 rings (SSSR count). The van der Waals surface area contributed by atoms with E-state index in [1.807, 2.05) is 0 Å². The van der Waals surface area contributed by atoms with Gasteiger partial charge in [0, 0.05) is 20.2 Å². The van der Waals surface area contributed by atoms with Crippen LogP contribution in [0.1, 0.15) is 6.92 Å². The Morgan fingerprint density at radius 3 is 2.11 bits per heavy atom. The SMILES string of the molecule is [CH2]/C(C)=C\C(=O)N(C)C. The predicted molar refractivity (Wildman–Crippen MR) is 37.8 cm³/mol. The number of allylic oxidation sites excluding steroid dienone is 1. The Morgan fingerprint density at radius 2 is 2.00 bits per heavy atom. The van der Waals surface area contributed by atoms with Crippen LogP contribution in [0, 0.1) is 6.92 Å². The maximum Gasteiger partial charge on any atom is 0.245 e. The maximum absolute atomic E-state index is 10.8. The van der Waals surface area contributed by atoms with Crippen LogP contribution in [-0.2, 0) is 4.79 Å². The van der Waals surface area contributed by atoms with Gasteiger partial charge >= 0.3 is 0 Å². The monoisotopic (exact) mass is 126 g/mol. The second kappa shape index (κ2) is 3.28. The van der Waals surface area contributed by atoms with Crippen molar-refractivity contribution in [1.82, 2.24) is 4.90 Å². The second-order valence-corrected chi connectivity index (χ2v) is 2.22. The molecule has 0 aromatic heterocycles. The molecule has 51 valence electrons. The molecule has 0 bridgehead atoms. The van der Waals surface area contributed by atoms with E-state index in [2.05, 4.69) is 6.92 Å². The zero-order valence-electron chi connectivity index (χ0n) is 6.14. The summed E-state index contributed by atoms with van der Waals surface area (Å²) in [5.41, 5.74) is 0.786. The first-order valence-corrected chi connectivity index (χ1v) is 2.75. The summed E-state index contributed by atoms with van der Waals surface area (Å²) in [4.78, 5) is 12.3. The Hall–Kier alpha value is -0.790. The van der Waals surface area contributed by atoms with Gasteiger partial charge in [0.05, 0.1) is 0 Å². The Kier molecular flexibility index (Phi) is 2.99. The van der Waals surface area contributed by atoms with Crippen LogP contribution in [0.25, 0.3) is 0 Å². The van der Waals surface area contributed by atoms with Gasteiger partial charge in [-0.3, -0.25) is 4.79 Å². The van der Waals surface area contributed by atoms with Crippen molar-refractivity contribution >= 4 is 5.91 Å². The van der Waals surface area contributed by atoms with Gasteiger partial charge in [-0.05, 0) is 13.8 Å². The molecule has 0 aromatic carbocycles. The van der Waals surface area contributed by atoms with Crippen LogP contribution < -0.4 is 0 Å². The number of hydrogen-bond acceptors (Lipinski definition) is 1. The lowest BCUT2D eigenvalue weighted by atomic mass is 10.3. The molecule has 0 atom stereocenters. The number of amides is 1. The third-order valence-corrected chi connectivity index (χ3v) is 0.811. The lowest BCUT2D eigenvalue weighted by Gasteiger charge is -2.05. The molecule has 0 aliphatic rings. The van der Waals surface area contributed by atoms with E-state index >= 15 is 0 Å². The van der Waals surface area contributed by atoms with Gasteiger partial charge in [0.15, 0.2) is 0 Å². The molecular weight excluding hydrogens is 114 g/mol. The van der Waals surface area contributed by atoms with Gasteiger partial charge in [-0.15, -0.1) is 0 Å². The predicted octanol–water partition coefficient (Wildman–Crippen LogP) is 0.855. The Labute approximate surface area is 56.2 Å². The molecule has 0 unspecified atom stereocenters. The van der Waals surface area contributed by atoms with E-state index in [0.29, 0.717) is 0 Å². The fourth-order valence-electron chi connectivity index (χ4n) is 0.340. The van der Waals surface area contributed by atoms with Gasteiger partial charge in [-0.1, -0.05) is 5.57 Å².